The molecule has 0 saturated heterocycles. The van der Waals surface area contributed by atoms with Crippen LogP contribution in [0.1, 0.15) is 21.5 Å². The van der Waals surface area contributed by atoms with E-state index in [1.807, 2.05) is 12.1 Å². The fourth-order valence-corrected chi connectivity index (χ4v) is 2.45. The summed E-state index contributed by atoms with van der Waals surface area (Å²) in [6.45, 7) is 1.46. The number of hydrogen-bond acceptors (Lipinski definition) is 3. The molecule has 0 aliphatic carbocycles. The molecule has 5 nitrogen and oxygen atoms in total. The highest BCUT2D eigenvalue weighted by Gasteiger charge is 2.13. The maximum Gasteiger partial charge on any atom is 0.255 e. The molecule has 0 aliphatic heterocycles. The first-order chi connectivity index (χ1) is 11.5. The van der Waals surface area contributed by atoms with Gasteiger partial charge in [0, 0.05) is 18.2 Å². The lowest BCUT2D eigenvalue weighted by molar-refractivity contribution is -0.872. The smallest absolute Gasteiger partial charge is 0.255 e. The van der Waals surface area contributed by atoms with Gasteiger partial charge in [-0.2, -0.15) is 0 Å². The lowest BCUT2D eigenvalue weighted by Gasteiger charge is -2.11. The molecule has 0 aromatic heterocycles. The van der Waals surface area contributed by atoms with Gasteiger partial charge >= 0.3 is 0 Å². The van der Waals surface area contributed by atoms with Crippen LogP contribution in [0.5, 0.6) is 11.5 Å². The Morgan fingerprint density at radius 3 is 2.25 bits per heavy atom. The Labute approximate surface area is 143 Å². The summed E-state index contributed by atoms with van der Waals surface area (Å²) in [6, 6.07) is 13.4. The predicted molar refractivity (Wildman–Crippen MR) is 93.7 cm³/mol. The first-order valence-corrected chi connectivity index (χ1v) is 7.90. The van der Waals surface area contributed by atoms with E-state index < -0.39 is 0 Å². The number of quaternary nitrogens is 1. The average Bonchev–Trinajstić information content (AvgIpc) is 2.59. The minimum Gasteiger partial charge on any atom is -0.497 e. The number of carbonyl (C=O) groups is 1. The van der Waals surface area contributed by atoms with Crippen molar-refractivity contribution in [1.29, 1.82) is 0 Å². The van der Waals surface area contributed by atoms with E-state index in [2.05, 4.69) is 31.5 Å². The number of carbonyl (C=O) groups excluding carboxylic acids is 1. The Morgan fingerprint density at radius 1 is 1.00 bits per heavy atom. The molecule has 24 heavy (non-hydrogen) atoms. The van der Waals surface area contributed by atoms with Crippen molar-refractivity contribution in [1.82, 2.24) is 5.32 Å². The number of nitrogens with one attached hydrogen (secondary N) is 2. The maximum absolute atomic E-state index is 12.4. The summed E-state index contributed by atoms with van der Waals surface area (Å²) < 4.78 is 10.4. The predicted octanol–water partition coefficient (Wildman–Crippen LogP) is 1.28. The molecule has 2 N–H and O–H groups in total. The normalized spacial score (nSPS) is 10.5. The third-order valence-electron chi connectivity index (χ3n) is 3.69. The van der Waals surface area contributed by atoms with E-state index in [-0.39, 0.29) is 5.91 Å². The molecule has 128 valence electrons. The van der Waals surface area contributed by atoms with Crippen LogP contribution < -0.4 is 19.7 Å². The summed E-state index contributed by atoms with van der Waals surface area (Å²) in [5.74, 6) is 0.981. The van der Waals surface area contributed by atoms with Crippen molar-refractivity contribution in [3.05, 3.63) is 59.2 Å². The van der Waals surface area contributed by atoms with E-state index in [9.17, 15) is 4.79 Å². The van der Waals surface area contributed by atoms with Crippen molar-refractivity contribution >= 4 is 5.91 Å². The van der Waals surface area contributed by atoms with E-state index in [4.69, 9.17) is 9.47 Å². The van der Waals surface area contributed by atoms with Crippen molar-refractivity contribution in [3.63, 3.8) is 0 Å². The average molecular weight is 329 g/mol. The van der Waals surface area contributed by atoms with Gasteiger partial charge in [0.25, 0.3) is 5.91 Å². The summed E-state index contributed by atoms with van der Waals surface area (Å²) in [7, 11) is 7.36. The van der Waals surface area contributed by atoms with E-state index in [1.165, 1.54) is 17.6 Å². The zero-order chi connectivity index (χ0) is 17.5. The summed E-state index contributed by atoms with van der Waals surface area (Å²) in [5, 5.41) is 2.92. The van der Waals surface area contributed by atoms with Gasteiger partial charge in [-0.15, -0.1) is 0 Å². The quantitative estimate of drug-likeness (QED) is 0.805. The highest BCUT2D eigenvalue weighted by Crippen LogP contribution is 2.24. The second-order valence-electron chi connectivity index (χ2n) is 5.95. The summed E-state index contributed by atoms with van der Waals surface area (Å²) in [4.78, 5) is 13.8. The molecule has 0 bridgehead atoms. The molecule has 0 spiro atoms. The molecule has 2 aromatic carbocycles. The van der Waals surface area contributed by atoms with Crippen molar-refractivity contribution < 1.29 is 19.2 Å². The van der Waals surface area contributed by atoms with E-state index in [0.29, 0.717) is 23.6 Å². The molecular formula is C19H25N2O3+. The molecule has 1 amide bonds. The number of methoxy groups -OCH3 is 2. The van der Waals surface area contributed by atoms with Crippen LogP contribution in [0, 0.1) is 0 Å². The molecular weight excluding hydrogens is 304 g/mol. The fourth-order valence-electron chi connectivity index (χ4n) is 2.45. The van der Waals surface area contributed by atoms with Gasteiger partial charge in [-0.05, 0) is 17.7 Å². The highest BCUT2D eigenvalue weighted by molar-refractivity contribution is 5.97. The molecule has 2 rings (SSSR count). The van der Waals surface area contributed by atoms with E-state index >= 15 is 0 Å². The van der Waals surface area contributed by atoms with Crippen LogP contribution in [-0.2, 0) is 13.1 Å². The van der Waals surface area contributed by atoms with Crippen LogP contribution >= 0.6 is 0 Å². The van der Waals surface area contributed by atoms with Crippen molar-refractivity contribution in [2.75, 3.05) is 28.3 Å². The minimum absolute atomic E-state index is 0.170. The lowest BCUT2D eigenvalue weighted by Crippen LogP contribution is -3.04. The van der Waals surface area contributed by atoms with Crippen LogP contribution in [0.3, 0.4) is 0 Å². The molecule has 0 saturated carbocycles. The van der Waals surface area contributed by atoms with Crippen molar-refractivity contribution in [2.24, 2.45) is 0 Å². The Balaban J connectivity index is 2.00. The number of benzene rings is 2. The summed E-state index contributed by atoms with van der Waals surface area (Å²) in [5.41, 5.74) is 2.83. The van der Waals surface area contributed by atoms with Crippen LogP contribution in [0.25, 0.3) is 0 Å². The van der Waals surface area contributed by atoms with Gasteiger partial charge in [0.05, 0.1) is 33.9 Å². The fraction of sp³-hybridized carbons (Fsp3) is 0.316. The Morgan fingerprint density at radius 2 is 1.67 bits per heavy atom. The van der Waals surface area contributed by atoms with Crippen molar-refractivity contribution in [2.45, 2.75) is 13.1 Å². The van der Waals surface area contributed by atoms with E-state index in [1.54, 1.807) is 25.3 Å². The maximum atomic E-state index is 12.4. The summed E-state index contributed by atoms with van der Waals surface area (Å²) in [6.07, 6.45) is 0. The number of rotatable bonds is 7. The highest BCUT2D eigenvalue weighted by atomic mass is 16.5. The largest absolute Gasteiger partial charge is 0.497 e. The Kier molecular flexibility index (Phi) is 6.21. The minimum atomic E-state index is -0.170. The monoisotopic (exact) mass is 329 g/mol. The third kappa shape index (κ3) is 4.73. The van der Waals surface area contributed by atoms with Gasteiger partial charge in [0.1, 0.15) is 18.0 Å². The van der Waals surface area contributed by atoms with Crippen LogP contribution in [-0.4, -0.2) is 34.2 Å². The molecule has 0 aliphatic rings. The molecule has 0 fully saturated rings. The number of amides is 1. The Bertz CT molecular complexity index is 682. The van der Waals surface area contributed by atoms with Gasteiger partial charge in [0.2, 0.25) is 0 Å². The summed E-state index contributed by atoms with van der Waals surface area (Å²) >= 11 is 0. The lowest BCUT2D eigenvalue weighted by atomic mass is 10.1. The standard InChI is InChI=1S/C19H24N2O3/c1-21(2)13-15-7-5-14(6-8-15)12-20-19(22)17-10-9-16(23-3)11-18(17)24-4/h5-11H,12-13H2,1-4H3,(H,20,22)/p+1. The molecule has 5 heteroatoms. The Hall–Kier alpha value is -2.53. The van der Waals surface area contributed by atoms with Crippen LogP contribution in [0.15, 0.2) is 42.5 Å². The zero-order valence-electron chi connectivity index (χ0n) is 14.7. The van der Waals surface area contributed by atoms with Gasteiger partial charge in [-0.25, -0.2) is 0 Å². The van der Waals surface area contributed by atoms with Crippen LogP contribution in [0.2, 0.25) is 0 Å². The number of ether oxygens (including phenoxy) is 2. The molecule has 2 aromatic rings. The zero-order valence-corrected chi connectivity index (χ0v) is 14.7. The molecule has 0 heterocycles. The van der Waals surface area contributed by atoms with Gasteiger partial charge in [-0.3, -0.25) is 4.79 Å². The topological polar surface area (TPSA) is 52.0 Å². The first kappa shape index (κ1) is 17.8. The van der Waals surface area contributed by atoms with E-state index in [0.717, 1.165) is 12.1 Å². The number of hydrogen-bond donors (Lipinski definition) is 2. The molecule has 0 unspecified atom stereocenters. The molecule has 0 radical (unpaired) electrons. The molecule has 0 atom stereocenters. The first-order valence-electron chi connectivity index (χ1n) is 7.90. The van der Waals surface area contributed by atoms with Gasteiger partial charge in [0.15, 0.2) is 0 Å². The van der Waals surface area contributed by atoms with Crippen LogP contribution in [0.4, 0.5) is 0 Å². The third-order valence-corrected chi connectivity index (χ3v) is 3.69. The van der Waals surface area contributed by atoms with Gasteiger partial charge < -0.3 is 19.7 Å². The van der Waals surface area contributed by atoms with Gasteiger partial charge in [-0.1, -0.05) is 24.3 Å². The van der Waals surface area contributed by atoms with Crippen molar-refractivity contribution in [3.8, 4) is 11.5 Å². The second-order valence-corrected chi connectivity index (χ2v) is 5.95. The second kappa shape index (κ2) is 8.36. The SMILES string of the molecule is COc1ccc(C(=O)NCc2ccc(C[NH+](C)C)cc2)c(OC)c1.